The topological polar surface area (TPSA) is 70.7 Å². The van der Waals surface area contributed by atoms with Crippen LogP contribution in [0.1, 0.15) is 34.8 Å². The second kappa shape index (κ2) is 9.48. The molecule has 0 radical (unpaired) electrons. The third-order valence-electron chi connectivity index (χ3n) is 4.88. The molecule has 1 aliphatic rings. The van der Waals surface area contributed by atoms with E-state index in [9.17, 15) is 9.59 Å². The normalized spacial score (nSPS) is 17.3. The number of ether oxygens (including phenoxy) is 1. The summed E-state index contributed by atoms with van der Waals surface area (Å²) in [6.07, 6.45) is 1.23. The fraction of sp³-hybridized carbons (Fsp3) is 0.364. The van der Waals surface area contributed by atoms with Crippen molar-refractivity contribution in [2.45, 2.75) is 25.0 Å². The van der Waals surface area contributed by atoms with Crippen molar-refractivity contribution in [2.24, 2.45) is 0 Å². The number of carbonyl (C=O) groups excluding carboxylic acids is 2. The minimum absolute atomic E-state index is 0.0764. The van der Waals surface area contributed by atoms with Gasteiger partial charge in [0, 0.05) is 24.4 Å². The van der Waals surface area contributed by atoms with E-state index in [1.165, 1.54) is 0 Å². The Labute approximate surface area is 165 Å². The summed E-state index contributed by atoms with van der Waals surface area (Å²) in [5.41, 5.74) is 2.25. The van der Waals surface area contributed by atoms with E-state index < -0.39 is 6.10 Å². The maximum atomic E-state index is 12.6. The average molecular weight is 381 g/mol. The zero-order chi connectivity index (χ0) is 19.9. The summed E-state index contributed by atoms with van der Waals surface area (Å²) in [6, 6.07) is 17.1. The van der Waals surface area contributed by atoms with E-state index in [4.69, 9.17) is 4.74 Å². The highest BCUT2D eigenvalue weighted by molar-refractivity contribution is 5.98. The first-order valence-electron chi connectivity index (χ1n) is 9.56. The lowest BCUT2D eigenvalue weighted by Crippen LogP contribution is -2.34. The Morgan fingerprint density at radius 1 is 1.14 bits per heavy atom. The molecule has 148 valence electrons. The van der Waals surface area contributed by atoms with Gasteiger partial charge in [-0.25, -0.2) is 0 Å². The van der Waals surface area contributed by atoms with Crippen molar-refractivity contribution in [3.8, 4) is 0 Å². The maximum Gasteiger partial charge on any atom is 0.253 e. The lowest BCUT2D eigenvalue weighted by Gasteiger charge is -2.25. The Kier molecular flexibility index (Phi) is 6.79. The SMILES string of the molecule is CN(C)C(CNC(=O)c1cccc(NC(=O)C2CCCO2)c1)c1ccccc1. The largest absolute Gasteiger partial charge is 0.368 e. The van der Waals surface area contributed by atoms with Crippen LogP contribution >= 0.6 is 0 Å². The molecule has 1 aliphatic heterocycles. The molecule has 2 aromatic carbocycles. The molecule has 6 heteroatoms. The highest BCUT2D eigenvalue weighted by atomic mass is 16.5. The van der Waals surface area contributed by atoms with Crippen LogP contribution in [0.5, 0.6) is 0 Å². The van der Waals surface area contributed by atoms with E-state index >= 15 is 0 Å². The summed E-state index contributed by atoms with van der Waals surface area (Å²) >= 11 is 0. The predicted octanol–water partition coefficient (Wildman–Crippen LogP) is 2.84. The van der Waals surface area contributed by atoms with Crippen LogP contribution in [0.4, 0.5) is 5.69 Å². The number of anilines is 1. The van der Waals surface area contributed by atoms with Crippen molar-refractivity contribution in [1.82, 2.24) is 10.2 Å². The fourth-order valence-corrected chi connectivity index (χ4v) is 3.31. The number of nitrogens with one attached hydrogen (secondary N) is 2. The van der Waals surface area contributed by atoms with Crippen LogP contribution in [-0.4, -0.2) is 50.1 Å². The smallest absolute Gasteiger partial charge is 0.253 e. The van der Waals surface area contributed by atoms with Crippen LogP contribution in [0.25, 0.3) is 0 Å². The molecule has 6 nitrogen and oxygen atoms in total. The Balaban J connectivity index is 1.61. The number of rotatable bonds is 7. The summed E-state index contributed by atoms with van der Waals surface area (Å²) in [5.74, 6) is -0.331. The molecule has 0 bridgehead atoms. The van der Waals surface area contributed by atoms with E-state index in [1.807, 2.05) is 32.3 Å². The van der Waals surface area contributed by atoms with Crippen molar-refractivity contribution < 1.29 is 14.3 Å². The summed E-state index contributed by atoms with van der Waals surface area (Å²) in [7, 11) is 3.98. The standard InChI is InChI=1S/C22H27N3O3/c1-25(2)19(16-8-4-3-5-9-16)15-23-21(26)17-10-6-11-18(14-17)24-22(27)20-12-7-13-28-20/h3-6,8-11,14,19-20H,7,12-13,15H2,1-2H3,(H,23,26)(H,24,27). The van der Waals surface area contributed by atoms with Gasteiger partial charge in [0.1, 0.15) is 6.10 Å². The zero-order valence-corrected chi connectivity index (χ0v) is 16.4. The highest BCUT2D eigenvalue weighted by Crippen LogP contribution is 2.18. The predicted molar refractivity (Wildman–Crippen MR) is 109 cm³/mol. The molecule has 0 saturated carbocycles. The van der Waals surface area contributed by atoms with Crippen LogP contribution in [0, 0.1) is 0 Å². The molecule has 1 heterocycles. The number of likely N-dealkylation sites (N-methyl/N-ethyl adjacent to an activating group) is 1. The second-order valence-electron chi connectivity index (χ2n) is 7.17. The molecular weight excluding hydrogens is 354 g/mol. The second-order valence-corrected chi connectivity index (χ2v) is 7.17. The van der Waals surface area contributed by atoms with Crippen LogP contribution in [0.2, 0.25) is 0 Å². The first-order chi connectivity index (χ1) is 13.5. The van der Waals surface area contributed by atoms with E-state index in [1.54, 1.807) is 24.3 Å². The van der Waals surface area contributed by atoms with Crippen molar-refractivity contribution in [2.75, 3.05) is 32.6 Å². The Bertz CT molecular complexity index is 802. The Morgan fingerprint density at radius 3 is 2.61 bits per heavy atom. The van der Waals surface area contributed by atoms with Gasteiger partial charge in [-0.3, -0.25) is 9.59 Å². The molecule has 28 heavy (non-hydrogen) atoms. The van der Waals surface area contributed by atoms with Gasteiger partial charge in [-0.05, 0) is 50.7 Å². The number of hydrogen-bond acceptors (Lipinski definition) is 4. The third-order valence-corrected chi connectivity index (χ3v) is 4.88. The summed E-state index contributed by atoms with van der Waals surface area (Å²) in [6.45, 7) is 1.11. The van der Waals surface area contributed by atoms with Crippen LogP contribution < -0.4 is 10.6 Å². The lowest BCUT2D eigenvalue weighted by molar-refractivity contribution is -0.124. The third kappa shape index (κ3) is 5.18. The first-order valence-corrected chi connectivity index (χ1v) is 9.56. The molecule has 3 rings (SSSR count). The zero-order valence-electron chi connectivity index (χ0n) is 16.4. The van der Waals surface area contributed by atoms with E-state index in [-0.39, 0.29) is 17.9 Å². The fourth-order valence-electron chi connectivity index (χ4n) is 3.31. The molecule has 2 N–H and O–H groups in total. The molecule has 1 saturated heterocycles. The summed E-state index contributed by atoms with van der Waals surface area (Å²) < 4.78 is 5.40. The molecule has 2 amide bonds. The number of benzene rings is 2. The van der Waals surface area contributed by atoms with Crippen molar-refractivity contribution >= 4 is 17.5 Å². The number of amides is 2. The first kappa shape index (κ1) is 20.0. The van der Waals surface area contributed by atoms with Gasteiger partial charge in [0.15, 0.2) is 0 Å². The molecule has 2 atom stereocenters. The van der Waals surface area contributed by atoms with Gasteiger partial charge in [-0.2, -0.15) is 0 Å². The van der Waals surface area contributed by atoms with Crippen molar-refractivity contribution in [1.29, 1.82) is 0 Å². The molecule has 1 fully saturated rings. The minimum Gasteiger partial charge on any atom is -0.368 e. The van der Waals surface area contributed by atoms with Gasteiger partial charge in [0.25, 0.3) is 11.8 Å². The molecule has 2 unspecified atom stereocenters. The van der Waals surface area contributed by atoms with Gasteiger partial charge in [0.2, 0.25) is 0 Å². The van der Waals surface area contributed by atoms with E-state index in [2.05, 4.69) is 27.7 Å². The monoisotopic (exact) mass is 381 g/mol. The van der Waals surface area contributed by atoms with Gasteiger partial charge >= 0.3 is 0 Å². The summed E-state index contributed by atoms with van der Waals surface area (Å²) in [4.78, 5) is 26.9. The lowest BCUT2D eigenvalue weighted by atomic mass is 10.1. The van der Waals surface area contributed by atoms with Gasteiger partial charge in [0.05, 0.1) is 6.04 Å². The van der Waals surface area contributed by atoms with E-state index in [0.29, 0.717) is 24.4 Å². The van der Waals surface area contributed by atoms with Crippen LogP contribution in [0.15, 0.2) is 54.6 Å². The number of hydrogen-bond donors (Lipinski definition) is 2. The minimum atomic E-state index is -0.399. The van der Waals surface area contributed by atoms with E-state index in [0.717, 1.165) is 18.4 Å². The molecular formula is C22H27N3O3. The molecule has 0 spiro atoms. The molecule has 0 aliphatic carbocycles. The average Bonchev–Trinajstić information content (AvgIpc) is 3.24. The van der Waals surface area contributed by atoms with Gasteiger partial charge in [-0.1, -0.05) is 36.4 Å². The number of carbonyl (C=O) groups is 2. The highest BCUT2D eigenvalue weighted by Gasteiger charge is 2.23. The molecule has 0 aromatic heterocycles. The Morgan fingerprint density at radius 2 is 1.93 bits per heavy atom. The number of nitrogens with zero attached hydrogens (tertiary/aromatic N) is 1. The van der Waals surface area contributed by atoms with Crippen molar-refractivity contribution in [3.05, 3.63) is 65.7 Å². The van der Waals surface area contributed by atoms with Crippen molar-refractivity contribution in [3.63, 3.8) is 0 Å². The summed E-state index contributed by atoms with van der Waals surface area (Å²) in [5, 5.41) is 5.83. The van der Waals surface area contributed by atoms with Gasteiger partial charge in [-0.15, -0.1) is 0 Å². The van der Waals surface area contributed by atoms with Crippen LogP contribution in [-0.2, 0) is 9.53 Å². The van der Waals surface area contributed by atoms with Gasteiger partial charge < -0.3 is 20.3 Å². The van der Waals surface area contributed by atoms with Crippen LogP contribution in [0.3, 0.4) is 0 Å². The Hall–Kier alpha value is -2.70. The maximum absolute atomic E-state index is 12.6. The quantitative estimate of drug-likeness (QED) is 0.774. The molecule has 2 aromatic rings.